The Bertz CT molecular complexity index is 1420. The van der Waals surface area contributed by atoms with Crippen LogP contribution in [0.1, 0.15) is 5.69 Å². The number of hydrogen-bond donors (Lipinski definition) is 0. The van der Waals surface area contributed by atoms with Crippen LogP contribution in [0.2, 0.25) is 0 Å². The molecule has 1 saturated heterocycles. The van der Waals surface area contributed by atoms with Crippen LogP contribution in [0.15, 0.2) is 42.7 Å². The van der Waals surface area contributed by atoms with E-state index in [-0.39, 0.29) is 5.82 Å². The first-order chi connectivity index (χ1) is 14.2. The van der Waals surface area contributed by atoms with Crippen LogP contribution >= 0.6 is 0 Å². The highest BCUT2D eigenvalue weighted by atomic mass is 19.1. The summed E-state index contributed by atoms with van der Waals surface area (Å²) in [5.74, 6) is 0.633. The molecular weight excluding hydrogens is 369 g/mol. The van der Waals surface area contributed by atoms with Gasteiger partial charge in [0.15, 0.2) is 0 Å². The summed E-state index contributed by atoms with van der Waals surface area (Å²) < 4.78 is 21.8. The van der Waals surface area contributed by atoms with Crippen molar-refractivity contribution >= 4 is 44.2 Å². The molecule has 6 rings (SSSR count). The van der Waals surface area contributed by atoms with E-state index < -0.39 is 0 Å². The number of aromatic nitrogens is 4. The molecule has 144 valence electrons. The average Bonchev–Trinajstić information content (AvgIpc) is 3.13. The van der Waals surface area contributed by atoms with Crippen LogP contribution in [0.5, 0.6) is 0 Å². The molecular formula is C22H18FN5O. The summed E-state index contributed by atoms with van der Waals surface area (Å²) in [6, 6.07) is 8.87. The third-order valence-electron chi connectivity index (χ3n) is 5.69. The number of nitrogens with zero attached hydrogens (tertiary/aromatic N) is 5. The third-order valence-corrected chi connectivity index (χ3v) is 5.69. The molecule has 6 nitrogen and oxygen atoms in total. The number of fused-ring (bicyclic) bond motifs is 8. The van der Waals surface area contributed by atoms with E-state index >= 15 is 0 Å². The molecule has 0 saturated carbocycles. The minimum atomic E-state index is -0.261. The van der Waals surface area contributed by atoms with Gasteiger partial charge in [0.05, 0.1) is 41.7 Å². The Morgan fingerprint density at radius 1 is 1.00 bits per heavy atom. The van der Waals surface area contributed by atoms with Crippen LogP contribution < -0.4 is 4.90 Å². The largest absolute Gasteiger partial charge is 0.378 e. The van der Waals surface area contributed by atoms with Crippen molar-refractivity contribution in [2.75, 3.05) is 31.2 Å². The van der Waals surface area contributed by atoms with Gasteiger partial charge >= 0.3 is 0 Å². The normalized spacial score (nSPS) is 15.2. The molecule has 0 spiro atoms. The molecule has 0 amide bonds. The SMILES string of the molecule is Cc1nc(N2CCOCC2)cc2c3cc(F)ccc3n3c4cnccc4nc3c12. The summed E-state index contributed by atoms with van der Waals surface area (Å²) in [6.07, 6.45) is 3.54. The van der Waals surface area contributed by atoms with Crippen LogP contribution in [-0.2, 0) is 4.74 Å². The van der Waals surface area contributed by atoms with E-state index in [0.717, 1.165) is 63.0 Å². The fourth-order valence-electron chi connectivity index (χ4n) is 4.36. The van der Waals surface area contributed by atoms with Crippen molar-refractivity contribution in [2.24, 2.45) is 0 Å². The molecule has 5 aromatic rings. The highest BCUT2D eigenvalue weighted by Gasteiger charge is 2.20. The first-order valence-electron chi connectivity index (χ1n) is 9.68. The number of halogens is 1. The molecule has 0 unspecified atom stereocenters. The second kappa shape index (κ2) is 6.09. The van der Waals surface area contributed by atoms with Crippen LogP contribution in [0, 0.1) is 12.7 Å². The zero-order valence-electron chi connectivity index (χ0n) is 15.9. The minimum absolute atomic E-state index is 0.261. The van der Waals surface area contributed by atoms with Crippen molar-refractivity contribution in [3.8, 4) is 0 Å². The quantitative estimate of drug-likeness (QED) is 0.409. The van der Waals surface area contributed by atoms with E-state index in [0.29, 0.717) is 13.2 Å². The Hall–Kier alpha value is -3.32. The number of benzene rings is 1. The van der Waals surface area contributed by atoms with Crippen LogP contribution in [-0.4, -0.2) is 45.7 Å². The molecule has 0 aliphatic carbocycles. The minimum Gasteiger partial charge on any atom is -0.378 e. The van der Waals surface area contributed by atoms with Crippen LogP contribution in [0.25, 0.3) is 38.4 Å². The number of pyridine rings is 3. The molecule has 1 fully saturated rings. The molecule has 0 radical (unpaired) electrons. The summed E-state index contributed by atoms with van der Waals surface area (Å²) >= 11 is 0. The van der Waals surface area contributed by atoms with Crippen molar-refractivity contribution in [3.05, 3.63) is 54.2 Å². The Morgan fingerprint density at radius 2 is 1.86 bits per heavy atom. The molecule has 0 N–H and O–H groups in total. The maximum Gasteiger partial charge on any atom is 0.148 e. The topological polar surface area (TPSA) is 55.6 Å². The van der Waals surface area contributed by atoms with Gasteiger partial charge in [-0.2, -0.15) is 0 Å². The van der Waals surface area contributed by atoms with Gasteiger partial charge in [0.2, 0.25) is 0 Å². The molecule has 7 heteroatoms. The van der Waals surface area contributed by atoms with Crippen molar-refractivity contribution in [2.45, 2.75) is 6.92 Å². The number of ether oxygens (including phenoxy) is 1. The fourth-order valence-corrected chi connectivity index (χ4v) is 4.36. The van der Waals surface area contributed by atoms with Crippen molar-refractivity contribution in [1.29, 1.82) is 0 Å². The molecule has 29 heavy (non-hydrogen) atoms. The van der Waals surface area contributed by atoms with Gasteiger partial charge < -0.3 is 9.64 Å². The molecule has 0 bridgehead atoms. The lowest BCUT2D eigenvalue weighted by atomic mass is 10.0. The fraction of sp³-hybridized carbons (Fsp3) is 0.227. The summed E-state index contributed by atoms with van der Waals surface area (Å²) in [7, 11) is 0. The number of aryl methyl sites for hydroxylation is 1. The molecule has 0 atom stereocenters. The summed E-state index contributed by atoms with van der Waals surface area (Å²) in [6.45, 7) is 4.96. The van der Waals surface area contributed by atoms with Crippen molar-refractivity contribution < 1.29 is 9.13 Å². The van der Waals surface area contributed by atoms with Crippen molar-refractivity contribution in [3.63, 3.8) is 0 Å². The number of anilines is 1. The Balaban J connectivity index is 1.80. The zero-order chi connectivity index (χ0) is 19.5. The maximum absolute atomic E-state index is 14.3. The van der Waals surface area contributed by atoms with Gasteiger partial charge in [-0.05, 0) is 37.3 Å². The van der Waals surface area contributed by atoms with Gasteiger partial charge in [-0.1, -0.05) is 0 Å². The highest BCUT2D eigenvalue weighted by molar-refractivity contribution is 6.15. The lowest BCUT2D eigenvalue weighted by molar-refractivity contribution is 0.122. The van der Waals surface area contributed by atoms with Crippen molar-refractivity contribution in [1.82, 2.24) is 19.4 Å². The Labute approximate surface area is 165 Å². The van der Waals surface area contributed by atoms with Gasteiger partial charge in [0.25, 0.3) is 0 Å². The lowest BCUT2D eigenvalue weighted by Crippen LogP contribution is -2.36. The maximum atomic E-state index is 14.3. The van der Waals surface area contributed by atoms with E-state index in [1.807, 2.05) is 19.1 Å². The summed E-state index contributed by atoms with van der Waals surface area (Å²) in [5.41, 5.74) is 4.36. The zero-order valence-corrected chi connectivity index (χ0v) is 15.9. The van der Waals surface area contributed by atoms with E-state index in [9.17, 15) is 4.39 Å². The van der Waals surface area contributed by atoms with Gasteiger partial charge in [-0.25, -0.2) is 14.4 Å². The molecule has 4 aromatic heterocycles. The highest BCUT2D eigenvalue weighted by Crippen LogP contribution is 2.35. The predicted molar refractivity (Wildman–Crippen MR) is 111 cm³/mol. The van der Waals surface area contributed by atoms with Gasteiger partial charge in [0, 0.05) is 35.4 Å². The number of imidazole rings is 1. The molecule has 1 aliphatic rings. The van der Waals surface area contributed by atoms with Gasteiger partial charge in [-0.3, -0.25) is 9.38 Å². The second-order valence-electron chi connectivity index (χ2n) is 7.38. The summed E-state index contributed by atoms with van der Waals surface area (Å²) in [4.78, 5) is 16.2. The number of rotatable bonds is 1. The molecule has 1 aromatic carbocycles. The number of morpholine rings is 1. The lowest BCUT2D eigenvalue weighted by Gasteiger charge is -2.28. The molecule has 1 aliphatic heterocycles. The van der Waals surface area contributed by atoms with Crippen LogP contribution in [0.3, 0.4) is 0 Å². The monoisotopic (exact) mass is 387 g/mol. The second-order valence-corrected chi connectivity index (χ2v) is 7.38. The Morgan fingerprint density at radius 3 is 2.72 bits per heavy atom. The first-order valence-corrected chi connectivity index (χ1v) is 9.68. The smallest absolute Gasteiger partial charge is 0.148 e. The van der Waals surface area contributed by atoms with E-state index in [2.05, 4.69) is 20.4 Å². The predicted octanol–water partition coefficient (Wildman–Crippen LogP) is 3.87. The van der Waals surface area contributed by atoms with Crippen LogP contribution in [0.4, 0.5) is 10.2 Å². The summed E-state index contributed by atoms with van der Waals surface area (Å²) in [5, 5.41) is 2.75. The standard InChI is InChI=1S/C22H18FN5O/c1-13-21-16(11-20(25-13)27-6-8-29-9-7-27)15-10-14(23)2-3-18(15)28-19-12-24-5-4-17(19)26-22(21)28/h2-5,10-12H,6-9H2,1H3. The van der Waals surface area contributed by atoms with Gasteiger partial charge in [-0.15, -0.1) is 0 Å². The average molecular weight is 387 g/mol. The first kappa shape index (κ1) is 16.6. The Kier molecular flexibility index (Phi) is 3.49. The van der Waals surface area contributed by atoms with E-state index in [4.69, 9.17) is 14.7 Å². The van der Waals surface area contributed by atoms with E-state index in [1.54, 1.807) is 18.5 Å². The van der Waals surface area contributed by atoms with E-state index in [1.165, 1.54) is 6.07 Å². The third kappa shape index (κ3) is 2.40. The number of hydrogen-bond acceptors (Lipinski definition) is 5. The van der Waals surface area contributed by atoms with Gasteiger partial charge in [0.1, 0.15) is 17.3 Å². The molecule has 5 heterocycles.